The van der Waals surface area contributed by atoms with E-state index in [0.717, 1.165) is 18.9 Å². The molecular formula is C12H21N5O2. The second-order valence-electron chi connectivity index (χ2n) is 4.56. The number of rotatable bonds is 6. The number of hydrogen-bond acceptors (Lipinski definition) is 5. The van der Waals surface area contributed by atoms with Crippen LogP contribution in [0, 0.1) is 5.92 Å². The van der Waals surface area contributed by atoms with E-state index in [-0.39, 0.29) is 17.9 Å². The molecule has 1 aromatic heterocycles. The lowest BCUT2D eigenvalue weighted by Crippen LogP contribution is -2.43. The predicted octanol–water partition coefficient (Wildman–Crippen LogP) is -0.461. The quantitative estimate of drug-likeness (QED) is 0.729. The molecular weight excluding hydrogens is 246 g/mol. The van der Waals surface area contributed by atoms with Gasteiger partial charge in [-0.25, -0.2) is 0 Å². The minimum Gasteiger partial charge on any atom is -0.379 e. The van der Waals surface area contributed by atoms with Gasteiger partial charge >= 0.3 is 0 Å². The van der Waals surface area contributed by atoms with Crippen LogP contribution in [0.4, 0.5) is 0 Å². The summed E-state index contributed by atoms with van der Waals surface area (Å²) in [6, 6.07) is 0.106. The second-order valence-corrected chi connectivity index (χ2v) is 4.56. The van der Waals surface area contributed by atoms with Gasteiger partial charge in [0.15, 0.2) is 5.82 Å². The van der Waals surface area contributed by atoms with Gasteiger partial charge in [0.1, 0.15) is 6.33 Å². The van der Waals surface area contributed by atoms with Gasteiger partial charge in [-0.3, -0.25) is 4.79 Å². The lowest BCUT2D eigenvalue weighted by molar-refractivity contribution is -0.125. The average molecular weight is 267 g/mol. The van der Waals surface area contributed by atoms with Crippen LogP contribution in [0.1, 0.15) is 19.7 Å². The van der Waals surface area contributed by atoms with E-state index in [0.29, 0.717) is 19.8 Å². The Labute approximate surface area is 112 Å². The highest BCUT2D eigenvalue weighted by Gasteiger charge is 2.33. The summed E-state index contributed by atoms with van der Waals surface area (Å²) in [4.78, 5) is 12.1. The van der Waals surface area contributed by atoms with Crippen LogP contribution in [-0.4, -0.2) is 46.5 Å². The molecule has 106 valence electrons. The number of nitrogens with zero attached hydrogens (tertiary/aromatic N) is 3. The van der Waals surface area contributed by atoms with Gasteiger partial charge in [0, 0.05) is 12.6 Å². The zero-order valence-corrected chi connectivity index (χ0v) is 11.4. The molecule has 7 nitrogen and oxygen atoms in total. The summed E-state index contributed by atoms with van der Waals surface area (Å²) < 4.78 is 7.28. The maximum atomic E-state index is 12.1. The van der Waals surface area contributed by atoms with Crippen LogP contribution >= 0.6 is 0 Å². The van der Waals surface area contributed by atoms with Crippen molar-refractivity contribution in [1.82, 2.24) is 25.4 Å². The maximum absolute atomic E-state index is 12.1. The van der Waals surface area contributed by atoms with E-state index in [4.69, 9.17) is 4.74 Å². The summed E-state index contributed by atoms with van der Waals surface area (Å²) in [7, 11) is 0. The molecule has 2 atom stereocenters. The van der Waals surface area contributed by atoms with E-state index in [1.807, 2.05) is 18.4 Å². The Kier molecular flexibility index (Phi) is 4.86. The molecule has 1 aromatic rings. The number of ether oxygens (including phenoxy) is 1. The molecule has 2 rings (SSSR count). The molecule has 1 saturated heterocycles. The predicted molar refractivity (Wildman–Crippen MR) is 69.3 cm³/mol. The van der Waals surface area contributed by atoms with Gasteiger partial charge in [-0.05, 0) is 13.5 Å². The zero-order chi connectivity index (χ0) is 13.7. The zero-order valence-electron chi connectivity index (χ0n) is 11.4. The first-order chi connectivity index (χ1) is 9.26. The van der Waals surface area contributed by atoms with Crippen molar-refractivity contribution in [3.8, 4) is 0 Å². The molecule has 1 aliphatic rings. The van der Waals surface area contributed by atoms with Crippen molar-refractivity contribution >= 4 is 5.91 Å². The van der Waals surface area contributed by atoms with Gasteiger partial charge in [-0.1, -0.05) is 6.92 Å². The van der Waals surface area contributed by atoms with Crippen LogP contribution in [0.15, 0.2) is 6.33 Å². The summed E-state index contributed by atoms with van der Waals surface area (Å²) in [5.74, 6) is 0.654. The van der Waals surface area contributed by atoms with Gasteiger partial charge < -0.3 is 19.9 Å². The van der Waals surface area contributed by atoms with Crippen LogP contribution < -0.4 is 10.6 Å². The van der Waals surface area contributed by atoms with Gasteiger partial charge in [0.25, 0.3) is 0 Å². The van der Waals surface area contributed by atoms with Gasteiger partial charge in [-0.2, -0.15) is 0 Å². The first kappa shape index (κ1) is 14.0. The van der Waals surface area contributed by atoms with E-state index < -0.39 is 0 Å². The van der Waals surface area contributed by atoms with Crippen molar-refractivity contribution in [1.29, 1.82) is 0 Å². The van der Waals surface area contributed by atoms with Crippen molar-refractivity contribution in [3.05, 3.63) is 12.2 Å². The van der Waals surface area contributed by atoms with Crippen molar-refractivity contribution in [2.24, 2.45) is 5.92 Å². The highest BCUT2D eigenvalue weighted by atomic mass is 16.5. The lowest BCUT2D eigenvalue weighted by Gasteiger charge is -2.17. The molecule has 1 aliphatic heterocycles. The summed E-state index contributed by atoms with van der Waals surface area (Å²) in [5, 5.41) is 14.0. The van der Waals surface area contributed by atoms with Gasteiger partial charge in [-0.15, -0.1) is 10.2 Å². The number of nitrogens with one attached hydrogen (secondary N) is 2. The summed E-state index contributed by atoms with van der Waals surface area (Å²) in [6.07, 6.45) is 1.67. The third-order valence-corrected chi connectivity index (χ3v) is 3.34. The Morgan fingerprint density at radius 1 is 1.53 bits per heavy atom. The van der Waals surface area contributed by atoms with E-state index in [1.54, 1.807) is 6.33 Å². The minimum atomic E-state index is -0.127. The highest BCUT2D eigenvalue weighted by molar-refractivity contribution is 5.79. The summed E-state index contributed by atoms with van der Waals surface area (Å²) in [6.45, 7) is 7.15. The summed E-state index contributed by atoms with van der Waals surface area (Å²) >= 11 is 0. The molecule has 0 spiro atoms. The molecule has 0 bridgehead atoms. The minimum absolute atomic E-state index is 0.00843. The lowest BCUT2D eigenvalue weighted by atomic mass is 10.0. The molecule has 0 aromatic carbocycles. The monoisotopic (exact) mass is 267 g/mol. The SMILES string of the molecule is CCNC1COCC1C(=O)NCc1nncn1CC. The largest absolute Gasteiger partial charge is 0.379 e. The smallest absolute Gasteiger partial charge is 0.227 e. The molecule has 0 saturated carbocycles. The molecule has 2 unspecified atom stereocenters. The third kappa shape index (κ3) is 3.30. The van der Waals surface area contributed by atoms with Crippen LogP contribution in [0.3, 0.4) is 0 Å². The van der Waals surface area contributed by atoms with Crippen molar-refractivity contribution in [3.63, 3.8) is 0 Å². The molecule has 2 N–H and O–H groups in total. The Morgan fingerprint density at radius 3 is 3.11 bits per heavy atom. The molecule has 0 radical (unpaired) electrons. The van der Waals surface area contributed by atoms with E-state index in [9.17, 15) is 4.79 Å². The Balaban J connectivity index is 1.87. The molecule has 1 amide bonds. The van der Waals surface area contributed by atoms with E-state index >= 15 is 0 Å². The number of likely N-dealkylation sites (N-methyl/N-ethyl adjacent to an activating group) is 1. The number of aromatic nitrogens is 3. The maximum Gasteiger partial charge on any atom is 0.227 e. The van der Waals surface area contributed by atoms with Crippen molar-refractivity contribution in [2.75, 3.05) is 19.8 Å². The number of carbonyl (C=O) groups excluding carboxylic acids is 1. The fourth-order valence-corrected chi connectivity index (χ4v) is 2.25. The molecule has 7 heteroatoms. The van der Waals surface area contributed by atoms with Crippen LogP contribution in [0.5, 0.6) is 0 Å². The number of amides is 1. The topological polar surface area (TPSA) is 81.1 Å². The standard InChI is InChI=1S/C12H21N5O2/c1-3-13-10-7-19-6-9(10)12(18)14-5-11-16-15-8-17(11)4-2/h8-10,13H,3-7H2,1-2H3,(H,14,18). The molecule has 2 heterocycles. The number of carbonyl (C=O) groups is 1. The molecule has 0 aliphatic carbocycles. The van der Waals surface area contributed by atoms with E-state index in [1.165, 1.54) is 0 Å². The van der Waals surface area contributed by atoms with Crippen LogP contribution in [0.2, 0.25) is 0 Å². The average Bonchev–Trinajstić information content (AvgIpc) is 3.04. The first-order valence-corrected chi connectivity index (χ1v) is 6.71. The van der Waals surface area contributed by atoms with Gasteiger partial charge in [0.2, 0.25) is 5.91 Å². The fourth-order valence-electron chi connectivity index (χ4n) is 2.25. The third-order valence-electron chi connectivity index (χ3n) is 3.34. The Bertz CT molecular complexity index is 420. The first-order valence-electron chi connectivity index (χ1n) is 6.71. The van der Waals surface area contributed by atoms with Gasteiger partial charge in [0.05, 0.1) is 25.7 Å². The van der Waals surface area contributed by atoms with Crippen molar-refractivity contribution < 1.29 is 9.53 Å². The summed E-state index contributed by atoms with van der Waals surface area (Å²) in [5.41, 5.74) is 0. The van der Waals surface area contributed by atoms with Crippen LogP contribution in [-0.2, 0) is 22.6 Å². The Hall–Kier alpha value is -1.47. The molecule has 1 fully saturated rings. The second kappa shape index (κ2) is 6.63. The Morgan fingerprint density at radius 2 is 2.37 bits per heavy atom. The van der Waals surface area contributed by atoms with Crippen molar-refractivity contribution in [2.45, 2.75) is 33.0 Å². The highest BCUT2D eigenvalue weighted by Crippen LogP contribution is 2.13. The normalized spacial score (nSPS) is 22.6. The van der Waals surface area contributed by atoms with E-state index in [2.05, 4.69) is 20.8 Å². The number of hydrogen-bond donors (Lipinski definition) is 2. The number of aryl methyl sites for hydroxylation is 1. The van der Waals surface area contributed by atoms with Crippen LogP contribution in [0.25, 0.3) is 0 Å². The molecule has 19 heavy (non-hydrogen) atoms. The fraction of sp³-hybridized carbons (Fsp3) is 0.750.